The summed E-state index contributed by atoms with van der Waals surface area (Å²) in [6.07, 6.45) is 2.50. The van der Waals surface area contributed by atoms with Gasteiger partial charge in [-0.05, 0) is 24.5 Å². The zero-order valence-corrected chi connectivity index (χ0v) is 17.8. The second kappa shape index (κ2) is 10.6. The smallest absolute Gasteiger partial charge is 0.266 e. The number of benzene rings is 2. The van der Waals surface area contributed by atoms with Gasteiger partial charge in [-0.3, -0.25) is 9.69 Å². The first-order chi connectivity index (χ1) is 14.6. The monoisotopic (exact) mass is 402 g/mol. The molecule has 156 valence electrons. The first kappa shape index (κ1) is 21.6. The van der Waals surface area contributed by atoms with Crippen molar-refractivity contribution in [1.82, 2.24) is 15.1 Å². The molecule has 1 saturated heterocycles. The van der Waals surface area contributed by atoms with Gasteiger partial charge < -0.3 is 10.2 Å². The van der Waals surface area contributed by atoms with Crippen LogP contribution in [0.25, 0.3) is 0 Å². The van der Waals surface area contributed by atoms with Gasteiger partial charge in [0.25, 0.3) is 5.91 Å². The highest BCUT2D eigenvalue weighted by Crippen LogP contribution is 2.29. The molecule has 2 aromatic carbocycles. The molecule has 0 aromatic heterocycles. The molecule has 1 heterocycles. The Morgan fingerprint density at radius 3 is 2.03 bits per heavy atom. The van der Waals surface area contributed by atoms with Crippen LogP contribution in [0.15, 0.2) is 72.4 Å². The summed E-state index contributed by atoms with van der Waals surface area (Å²) < 4.78 is 0. The fourth-order valence-corrected chi connectivity index (χ4v) is 3.72. The van der Waals surface area contributed by atoms with Crippen LogP contribution >= 0.6 is 0 Å². The molecule has 5 heteroatoms. The van der Waals surface area contributed by atoms with Crippen LogP contribution < -0.4 is 5.32 Å². The van der Waals surface area contributed by atoms with Crippen molar-refractivity contribution in [3.8, 4) is 6.07 Å². The van der Waals surface area contributed by atoms with E-state index in [-0.39, 0.29) is 23.6 Å². The van der Waals surface area contributed by atoms with E-state index in [1.165, 1.54) is 11.1 Å². The van der Waals surface area contributed by atoms with Gasteiger partial charge in [-0.15, -0.1) is 0 Å². The molecule has 0 radical (unpaired) electrons. The number of carbonyl (C=O) groups is 1. The van der Waals surface area contributed by atoms with Gasteiger partial charge in [-0.25, -0.2) is 0 Å². The van der Waals surface area contributed by atoms with Gasteiger partial charge >= 0.3 is 0 Å². The molecule has 3 rings (SSSR count). The summed E-state index contributed by atoms with van der Waals surface area (Å²) in [5.41, 5.74) is 2.67. The molecule has 1 unspecified atom stereocenters. The highest BCUT2D eigenvalue weighted by Gasteiger charge is 2.29. The van der Waals surface area contributed by atoms with Crippen molar-refractivity contribution in [2.24, 2.45) is 0 Å². The van der Waals surface area contributed by atoms with Gasteiger partial charge in [0.2, 0.25) is 0 Å². The van der Waals surface area contributed by atoms with Crippen molar-refractivity contribution in [2.75, 3.05) is 26.2 Å². The Balaban J connectivity index is 1.71. The highest BCUT2D eigenvalue weighted by atomic mass is 16.2. The van der Waals surface area contributed by atoms with Crippen LogP contribution in [0.2, 0.25) is 0 Å². The third-order valence-electron chi connectivity index (χ3n) is 5.67. The van der Waals surface area contributed by atoms with Crippen molar-refractivity contribution >= 4 is 5.91 Å². The molecule has 1 aliphatic heterocycles. The molecule has 0 aliphatic carbocycles. The van der Waals surface area contributed by atoms with Gasteiger partial charge in [-0.1, -0.05) is 67.6 Å². The Morgan fingerprint density at radius 1 is 1.03 bits per heavy atom. The van der Waals surface area contributed by atoms with Crippen molar-refractivity contribution in [2.45, 2.75) is 32.4 Å². The van der Waals surface area contributed by atoms with Crippen molar-refractivity contribution in [3.63, 3.8) is 0 Å². The second-order valence-corrected chi connectivity index (χ2v) is 7.70. The summed E-state index contributed by atoms with van der Waals surface area (Å²) in [6, 6.07) is 23.4. The van der Waals surface area contributed by atoms with Crippen LogP contribution in [0.1, 0.15) is 37.4 Å². The SMILES string of the molecule is CCC(C)N/C=C(/C#N)C(=O)N1CCN(C(c2ccccc2)c2ccccc2)CC1. The van der Waals surface area contributed by atoms with Gasteiger partial charge in [0.1, 0.15) is 11.6 Å². The molecule has 1 aliphatic rings. The molecule has 5 nitrogen and oxygen atoms in total. The van der Waals surface area contributed by atoms with Crippen LogP contribution in [0.3, 0.4) is 0 Å². The Bertz CT molecular complexity index is 841. The number of rotatable bonds is 7. The minimum atomic E-state index is -0.191. The summed E-state index contributed by atoms with van der Waals surface area (Å²) in [4.78, 5) is 17.0. The van der Waals surface area contributed by atoms with Crippen molar-refractivity contribution < 1.29 is 4.79 Å². The summed E-state index contributed by atoms with van der Waals surface area (Å²) in [6.45, 7) is 6.83. The minimum Gasteiger partial charge on any atom is -0.387 e. The molecule has 1 amide bonds. The van der Waals surface area contributed by atoms with Gasteiger partial charge in [0, 0.05) is 38.4 Å². The minimum absolute atomic E-state index is 0.155. The van der Waals surface area contributed by atoms with Gasteiger partial charge in [0.15, 0.2) is 0 Å². The lowest BCUT2D eigenvalue weighted by atomic mass is 9.96. The first-order valence-corrected chi connectivity index (χ1v) is 10.6. The molecule has 0 bridgehead atoms. The largest absolute Gasteiger partial charge is 0.387 e. The maximum absolute atomic E-state index is 12.8. The van der Waals surface area contributed by atoms with E-state index in [0.717, 1.165) is 19.5 Å². The standard InChI is InChI=1S/C25H30N4O/c1-3-20(2)27-19-23(18-26)25(30)29-16-14-28(15-17-29)24(21-10-6-4-7-11-21)22-12-8-5-9-13-22/h4-13,19-20,24,27H,3,14-17H2,1-2H3/b23-19-. The number of nitrogens with zero attached hydrogens (tertiary/aromatic N) is 3. The lowest BCUT2D eigenvalue weighted by Crippen LogP contribution is -2.50. The average molecular weight is 403 g/mol. The van der Waals surface area contributed by atoms with E-state index in [1.807, 2.05) is 19.1 Å². The number of amides is 1. The van der Waals surface area contributed by atoms with Crippen molar-refractivity contribution in [3.05, 3.63) is 83.6 Å². The van der Waals surface area contributed by atoms with E-state index in [4.69, 9.17) is 0 Å². The molecule has 0 saturated carbocycles. The highest BCUT2D eigenvalue weighted by molar-refractivity contribution is 5.97. The van der Waals surface area contributed by atoms with Crippen LogP contribution in [-0.2, 0) is 4.79 Å². The third-order valence-corrected chi connectivity index (χ3v) is 5.67. The van der Waals surface area contributed by atoms with Crippen LogP contribution in [-0.4, -0.2) is 47.9 Å². The maximum Gasteiger partial charge on any atom is 0.266 e. The molecule has 0 spiro atoms. The van der Waals surface area contributed by atoms with E-state index in [2.05, 4.69) is 71.7 Å². The molecule has 1 N–H and O–H groups in total. The quantitative estimate of drug-likeness (QED) is 0.566. The number of carbonyl (C=O) groups excluding carboxylic acids is 1. The lowest BCUT2D eigenvalue weighted by molar-refractivity contribution is -0.128. The van der Waals surface area contributed by atoms with E-state index in [1.54, 1.807) is 11.1 Å². The Labute approximate surface area is 179 Å². The molecule has 30 heavy (non-hydrogen) atoms. The average Bonchev–Trinajstić information content (AvgIpc) is 2.81. The number of nitrogens with one attached hydrogen (secondary N) is 1. The zero-order chi connectivity index (χ0) is 21.3. The van der Waals surface area contributed by atoms with Gasteiger partial charge in [0.05, 0.1) is 6.04 Å². The lowest BCUT2D eigenvalue weighted by Gasteiger charge is -2.39. The van der Waals surface area contributed by atoms with Gasteiger partial charge in [-0.2, -0.15) is 5.26 Å². The predicted molar refractivity (Wildman–Crippen MR) is 119 cm³/mol. The fourth-order valence-electron chi connectivity index (χ4n) is 3.72. The van der Waals surface area contributed by atoms with Crippen LogP contribution in [0.4, 0.5) is 0 Å². The number of hydrogen-bond donors (Lipinski definition) is 1. The summed E-state index contributed by atoms with van der Waals surface area (Å²) in [5.74, 6) is -0.191. The van der Waals surface area contributed by atoms with E-state index in [9.17, 15) is 10.1 Å². The topological polar surface area (TPSA) is 59.4 Å². The summed E-state index contributed by atoms with van der Waals surface area (Å²) >= 11 is 0. The van der Waals surface area contributed by atoms with Crippen LogP contribution in [0.5, 0.6) is 0 Å². The predicted octanol–water partition coefficient (Wildman–Crippen LogP) is 3.72. The Hall–Kier alpha value is -3.10. The van der Waals surface area contributed by atoms with E-state index < -0.39 is 0 Å². The third kappa shape index (κ3) is 5.28. The molecule has 1 fully saturated rings. The molecular weight excluding hydrogens is 372 g/mol. The van der Waals surface area contributed by atoms with E-state index in [0.29, 0.717) is 13.1 Å². The maximum atomic E-state index is 12.8. The Morgan fingerprint density at radius 2 is 1.57 bits per heavy atom. The fraction of sp³-hybridized carbons (Fsp3) is 0.360. The molecule has 1 atom stereocenters. The number of hydrogen-bond acceptors (Lipinski definition) is 4. The number of nitriles is 1. The Kier molecular flexibility index (Phi) is 7.64. The van der Waals surface area contributed by atoms with Crippen LogP contribution in [0, 0.1) is 11.3 Å². The van der Waals surface area contributed by atoms with E-state index >= 15 is 0 Å². The molecular formula is C25H30N4O. The summed E-state index contributed by atoms with van der Waals surface area (Å²) in [5, 5.41) is 12.6. The normalized spacial score (nSPS) is 16.2. The number of piperazine rings is 1. The van der Waals surface area contributed by atoms with Crippen molar-refractivity contribution in [1.29, 1.82) is 5.26 Å². The molecule has 2 aromatic rings. The summed E-state index contributed by atoms with van der Waals surface area (Å²) in [7, 11) is 0. The second-order valence-electron chi connectivity index (χ2n) is 7.70. The zero-order valence-electron chi connectivity index (χ0n) is 17.8. The first-order valence-electron chi connectivity index (χ1n) is 10.6.